The molecule has 0 aliphatic heterocycles. The fourth-order valence-corrected chi connectivity index (χ4v) is 0.560. The molecule has 20 heavy (non-hydrogen) atoms. The van der Waals surface area contributed by atoms with Crippen molar-refractivity contribution in [1.29, 1.82) is 0 Å². The quantitative estimate of drug-likeness (QED) is 0.208. The molecule has 0 amide bonds. The third-order valence-electron chi connectivity index (χ3n) is 1.28. The predicted octanol–water partition coefficient (Wildman–Crippen LogP) is -4.37. The van der Waals surface area contributed by atoms with Crippen molar-refractivity contribution in [2.45, 2.75) is 0 Å². The van der Waals surface area contributed by atoms with Crippen molar-refractivity contribution in [2.24, 2.45) is 11.8 Å². The second kappa shape index (κ2) is 15.4. The second-order valence-corrected chi connectivity index (χ2v) is 2.53. The number of esters is 2. The summed E-state index contributed by atoms with van der Waals surface area (Å²) in [4.78, 5) is 50.1. The number of hydrogen-bond donors (Lipinski definition) is 2. The van der Waals surface area contributed by atoms with Crippen LogP contribution in [0.3, 0.4) is 0 Å². The summed E-state index contributed by atoms with van der Waals surface area (Å²) in [5.41, 5.74) is 0. The molecular formula is C8H14Ca2N2O8. The first kappa shape index (κ1) is 25.0. The Morgan fingerprint density at radius 3 is 1.30 bits per heavy atom. The van der Waals surface area contributed by atoms with Gasteiger partial charge < -0.3 is 19.1 Å². The molecule has 0 spiro atoms. The van der Waals surface area contributed by atoms with Crippen LogP contribution in [-0.2, 0) is 38.3 Å². The fraction of sp³-hybridized carbons (Fsp3) is 0.250. The molecule has 0 aliphatic carbocycles. The molecular weight excluding hydrogens is 332 g/mol. The van der Waals surface area contributed by atoms with Crippen molar-refractivity contribution >= 4 is 99.4 Å². The van der Waals surface area contributed by atoms with E-state index in [0.29, 0.717) is 12.2 Å². The van der Waals surface area contributed by atoms with Gasteiger partial charge in [-0.05, 0) is 0 Å². The zero-order valence-corrected chi connectivity index (χ0v) is 8.99. The molecule has 0 fully saturated rings. The molecule has 0 rings (SSSR count). The average Bonchev–Trinajstić information content (AvgIpc) is 2.39. The van der Waals surface area contributed by atoms with Crippen LogP contribution in [0.25, 0.3) is 0 Å². The normalized spacial score (nSPS) is 8.70. The third-order valence-corrected chi connectivity index (χ3v) is 1.28. The van der Waals surface area contributed by atoms with E-state index < -0.39 is 37.1 Å². The molecule has 12 heteroatoms. The molecule has 0 bridgehead atoms. The van der Waals surface area contributed by atoms with Gasteiger partial charge in [0.25, 0.3) is 0 Å². The van der Waals surface area contributed by atoms with Crippen LogP contribution in [0.5, 0.6) is 0 Å². The molecule has 0 atom stereocenters. The molecule has 108 valence electrons. The molecule has 0 aromatic carbocycles. The van der Waals surface area contributed by atoms with Crippen molar-refractivity contribution in [3.8, 4) is 0 Å². The zero-order valence-electron chi connectivity index (χ0n) is 8.99. The molecule has 4 N–H and O–H groups in total. The summed E-state index contributed by atoms with van der Waals surface area (Å²) in [6.45, 7) is -1.40. The van der Waals surface area contributed by atoms with E-state index >= 15 is 0 Å². The summed E-state index contributed by atoms with van der Waals surface area (Å²) in [7, 11) is 0. The van der Waals surface area contributed by atoms with Gasteiger partial charge in [-0.1, -0.05) is 0 Å². The van der Waals surface area contributed by atoms with Crippen LogP contribution in [0, 0.1) is 0 Å². The summed E-state index contributed by atoms with van der Waals surface area (Å²) < 4.78 is 8.58. The van der Waals surface area contributed by atoms with Gasteiger partial charge in [-0.3, -0.25) is 0 Å². The zero-order chi connectivity index (χ0) is 14.0. The van der Waals surface area contributed by atoms with Gasteiger partial charge in [0.1, 0.15) is 0 Å². The van der Waals surface area contributed by atoms with Crippen LogP contribution < -0.4 is 11.8 Å². The van der Waals surface area contributed by atoms with Gasteiger partial charge in [-0.25, -0.2) is 19.2 Å². The van der Waals surface area contributed by atoms with Crippen LogP contribution in [-0.4, -0.2) is 113 Å². The van der Waals surface area contributed by atoms with Crippen LogP contribution in [0.2, 0.25) is 0 Å². The van der Waals surface area contributed by atoms with Crippen molar-refractivity contribution < 1.29 is 38.3 Å². The number of carbonyl (C=O) groups excluding carboxylic acids is 4. The van der Waals surface area contributed by atoms with E-state index in [4.69, 9.17) is 0 Å². The molecule has 0 saturated heterocycles. The predicted molar refractivity (Wildman–Crippen MR) is 68.7 cm³/mol. The van der Waals surface area contributed by atoms with Gasteiger partial charge in [0.15, 0.2) is 13.2 Å². The SMILES string of the molecule is NOC(=O)COC(=O)/C=C/C(=O)OCC(=O)ON.[CaH2].[CaH2]. The number of rotatable bonds is 6. The Balaban J connectivity index is -0.00000144. The first-order valence-electron chi connectivity index (χ1n) is 4.30. The summed E-state index contributed by atoms with van der Waals surface area (Å²) in [6.07, 6.45) is 1.36. The van der Waals surface area contributed by atoms with Crippen LogP contribution in [0.1, 0.15) is 0 Å². The average molecular weight is 346 g/mol. The van der Waals surface area contributed by atoms with Gasteiger partial charge in [0, 0.05) is 12.2 Å². The molecule has 10 nitrogen and oxygen atoms in total. The molecule has 0 heterocycles. The van der Waals surface area contributed by atoms with Crippen molar-refractivity contribution in [3.63, 3.8) is 0 Å². The Bertz CT molecular complexity index is 339. The van der Waals surface area contributed by atoms with E-state index in [-0.39, 0.29) is 75.5 Å². The third kappa shape index (κ3) is 14.5. The monoisotopic (exact) mass is 346 g/mol. The van der Waals surface area contributed by atoms with E-state index in [1.807, 2.05) is 0 Å². The summed E-state index contributed by atoms with van der Waals surface area (Å²) >= 11 is 0. The second-order valence-electron chi connectivity index (χ2n) is 2.53. The van der Waals surface area contributed by atoms with E-state index in [9.17, 15) is 19.2 Å². The van der Waals surface area contributed by atoms with Gasteiger partial charge in [-0.15, -0.1) is 0 Å². The van der Waals surface area contributed by atoms with Crippen LogP contribution in [0.15, 0.2) is 12.2 Å². The van der Waals surface area contributed by atoms with Gasteiger partial charge in [-0.2, -0.15) is 11.8 Å². The summed E-state index contributed by atoms with van der Waals surface area (Å²) in [6, 6.07) is 0. The summed E-state index contributed by atoms with van der Waals surface area (Å²) in [5.74, 6) is 5.01. The minimum absolute atomic E-state index is 0. The fourth-order valence-electron chi connectivity index (χ4n) is 0.560. The number of hydrogen-bond acceptors (Lipinski definition) is 10. The Hall–Kier alpha value is 0.0595. The molecule has 0 radical (unpaired) electrons. The van der Waals surface area contributed by atoms with Crippen molar-refractivity contribution in [3.05, 3.63) is 12.2 Å². The van der Waals surface area contributed by atoms with Crippen LogP contribution in [0.4, 0.5) is 0 Å². The van der Waals surface area contributed by atoms with Crippen molar-refractivity contribution in [2.75, 3.05) is 13.2 Å². The molecule has 0 saturated carbocycles. The van der Waals surface area contributed by atoms with Gasteiger partial charge in [0.05, 0.1) is 0 Å². The number of carbonyl (C=O) groups is 4. The standard InChI is InChI=1S/C8H10N2O8.2Ca.4H/c9-17-7(13)3-15-5(11)1-2-6(12)16-4-8(14)18-10;;;;;;/h1-2H,3-4,9-10H2;;;;;;/b2-1+;;;;;;. The van der Waals surface area contributed by atoms with E-state index in [0.717, 1.165) is 0 Å². The maximum absolute atomic E-state index is 10.9. The van der Waals surface area contributed by atoms with Crippen LogP contribution >= 0.6 is 0 Å². The maximum atomic E-state index is 10.9. The number of nitrogens with two attached hydrogens (primary N) is 2. The van der Waals surface area contributed by atoms with E-state index in [1.165, 1.54) is 0 Å². The molecule has 0 aliphatic rings. The number of ether oxygens (including phenoxy) is 2. The summed E-state index contributed by atoms with van der Waals surface area (Å²) in [5, 5.41) is 0. The first-order valence-corrected chi connectivity index (χ1v) is 4.30. The Labute approximate surface area is 173 Å². The molecule has 0 unspecified atom stereocenters. The Kier molecular flexibility index (Phi) is 19.3. The van der Waals surface area contributed by atoms with Gasteiger partial charge >= 0.3 is 99.4 Å². The first-order chi connectivity index (χ1) is 8.49. The van der Waals surface area contributed by atoms with Crippen molar-refractivity contribution in [1.82, 2.24) is 0 Å². The molecule has 0 aromatic heterocycles. The Morgan fingerprint density at radius 2 is 1.05 bits per heavy atom. The Morgan fingerprint density at radius 1 is 0.750 bits per heavy atom. The molecule has 0 aromatic rings. The minimum atomic E-state index is -1.00. The van der Waals surface area contributed by atoms with E-state index in [1.54, 1.807) is 0 Å². The van der Waals surface area contributed by atoms with Gasteiger partial charge in [0.2, 0.25) is 0 Å². The topological polar surface area (TPSA) is 157 Å². The van der Waals surface area contributed by atoms with E-state index in [2.05, 4.69) is 30.9 Å².